The third-order valence-corrected chi connectivity index (χ3v) is 6.49. The highest BCUT2D eigenvalue weighted by molar-refractivity contribution is 7.99. The van der Waals surface area contributed by atoms with Gasteiger partial charge in [-0.25, -0.2) is 0 Å². The summed E-state index contributed by atoms with van der Waals surface area (Å²) in [6.45, 7) is 0. The molecule has 0 fully saturated rings. The molecule has 0 amide bonds. The van der Waals surface area contributed by atoms with Gasteiger partial charge in [0.25, 0.3) is 0 Å². The zero-order chi connectivity index (χ0) is 21.5. The van der Waals surface area contributed by atoms with E-state index in [2.05, 4.69) is 72.8 Å². The molecule has 0 aliphatic carbocycles. The highest BCUT2D eigenvalue weighted by Gasteiger charge is 2.16. The van der Waals surface area contributed by atoms with E-state index in [1.807, 2.05) is 24.3 Å². The van der Waals surface area contributed by atoms with Gasteiger partial charge in [0.15, 0.2) is 0 Å². The van der Waals surface area contributed by atoms with E-state index in [1.165, 1.54) is 32.0 Å². The maximum absolute atomic E-state index is 5.73. The van der Waals surface area contributed by atoms with Gasteiger partial charge >= 0.3 is 0 Å². The number of hydrogen-bond donors (Lipinski definition) is 0. The second-order valence-electron chi connectivity index (χ2n) is 7.30. The molecule has 4 aromatic carbocycles. The second-order valence-corrected chi connectivity index (χ2v) is 8.38. The van der Waals surface area contributed by atoms with Crippen molar-refractivity contribution in [1.29, 1.82) is 0 Å². The molecule has 0 atom stereocenters. The summed E-state index contributed by atoms with van der Waals surface area (Å²) in [5, 5.41) is 0. The molecule has 3 heteroatoms. The summed E-state index contributed by atoms with van der Waals surface area (Å²) in [7, 11) is 3.48. The van der Waals surface area contributed by atoms with E-state index in [0.717, 1.165) is 24.3 Å². The van der Waals surface area contributed by atoms with E-state index in [1.54, 1.807) is 26.0 Å². The normalized spacial score (nSPS) is 10.6. The Bertz CT molecular complexity index is 1030. The molecule has 2 nitrogen and oxygen atoms in total. The minimum atomic E-state index is 0.825. The summed E-state index contributed by atoms with van der Waals surface area (Å²) in [6.07, 6.45) is 1.65. The quantitative estimate of drug-likeness (QED) is 0.301. The molecule has 0 saturated heterocycles. The average Bonchev–Trinajstić information content (AvgIpc) is 2.82. The Morgan fingerprint density at radius 1 is 0.516 bits per heavy atom. The fourth-order valence-electron chi connectivity index (χ4n) is 3.73. The highest BCUT2D eigenvalue weighted by Crippen LogP contribution is 2.40. The monoisotopic (exact) mass is 426 g/mol. The van der Waals surface area contributed by atoms with Crippen molar-refractivity contribution in [2.75, 3.05) is 14.2 Å². The number of methoxy groups -OCH3 is 2. The van der Waals surface area contributed by atoms with Gasteiger partial charge in [0.05, 0.1) is 14.2 Å². The Morgan fingerprint density at radius 2 is 0.935 bits per heavy atom. The summed E-state index contributed by atoms with van der Waals surface area (Å²) in [4.78, 5) is 2.40. The van der Waals surface area contributed by atoms with E-state index in [0.29, 0.717) is 0 Å². The van der Waals surface area contributed by atoms with Crippen molar-refractivity contribution in [3.05, 3.63) is 119 Å². The van der Waals surface area contributed by atoms with Crippen LogP contribution in [0.25, 0.3) is 0 Å². The van der Waals surface area contributed by atoms with Crippen LogP contribution in [0.3, 0.4) is 0 Å². The highest BCUT2D eigenvalue weighted by atomic mass is 32.2. The lowest BCUT2D eigenvalue weighted by molar-refractivity contribution is 0.408. The summed E-state index contributed by atoms with van der Waals surface area (Å²) in [5.41, 5.74) is 4.94. The molecular formula is C28H26O2S. The van der Waals surface area contributed by atoms with Crippen molar-refractivity contribution in [3.8, 4) is 11.5 Å². The average molecular weight is 427 g/mol. The van der Waals surface area contributed by atoms with Crippen molar-refractivity contribution in [3.63, 3.8) is 0 Å². The first-order valence-corrected chi connectivity index (χ1v) is 11.2. The molecule has 31 heavy (non-hydrogen) atoms. The van der Waals surface area contributed by atoms with Crippen molar-refractivity contribution in [2.24, 2.45) is 0 Å². The Hall–Kier alpha value is -3.17. The Balaban J connectivity index is 1.72. The molecule has 0 aliphatic rings. The van der Waals surface area contributed by atoms with Gasteiger partial charge in [-0.1, -0.05) is 84.6 Å². The smallest absolute Gasteiger partial charge is 0.123 e. The minimum absolute atomic E-state index is 0.825. The predicted molar refractivity (Wildman–Crippen MR) is 129 cm³/mol. The van der Waals surface area contributed by atoms with Crippen LogP contribution >= 0.6 is 11.8 Å². The molecule has 0 radical (unpaired) electrons. The number of ether oxygens (including phenoxy) is 2. The molecule has 0 aliphatic heterocycles. The first kappa shape index (κ1) is 21.1. The standard InChI is InChI=1S/C28H26O2S/c1-29-25-15-9-17-27(23(25)19-21-11-5-3-6-12-21)31-28-18-10-16-26(30-2)24(28)20-22-13-7-4-8-14-22/h3-18H,19-20H2,1-2H3. The summed E-state index contributed by atoms with van der Waals surface area (Å²) >= 11 is 1.78. The van der Waals surface area contributed by atoms with Gasteiger partial charge in [0, 0.05) is 33.8 Å². The van der Waals surface area contributed by atoms with Crippen LogP contribution in [0, 0.1) is 0 Å². The van der Waals surface area contributed by atoms with Crippen LogP contribution < -0.4 is 9.47 Å². The molecule has 4 rings (SSSR count). The molecule has 0 aromatic heterocycles. The van der Waals surface area contributed by atoms with Crippen LogP contribution in [0.5, 0.6) is 11.5 Å². The third-order valence-electron chi connectivity index (χ3n) is 5.29. The number of rotatable bonds is 8. The molecule has 0 heterocycles. The number of hydrogen-bond acceptors (Lipinski definition) is 3. The van der Waals surface area contributed by atoms with Crippen LogP contribution in [0.1, 0.15) is 22.3 Å². The zero-order valence-electron chi connectivity index (χ0n) is 17.9. The van der Waals surface area contributed by atoms with Crippen molar-refractivity contribution in [2.45, 2.75) is 22.6 Å². The van der Waals surface area contributed by atoms with Gasteiger partial charge in [-0.15, -0.1) is 0 Å². The Morgan fingerprint density at radius 3 is 1.32 bits per heavy atom. The lowest BCUT2D eigenvalue weighted by Crippen LogP contribution is -1.99. The molecule has 0 saturated carbocycles. The molecule has 4 aromatic rings. The third kappa shape index (κ3) is 5.12. The largest absolute Gasteiger partial charge is 0.496 e. The van der Waals surface area contributed by atoms with E-state index in [-0.39, 0.29) is 0 Å². The van der Waals surface area contributed by atoms with Crippen LogP contribution in [0.4, 0.5) is 0 Å². The first-order valence-electron chi connectivity index (χ1n) is 10.4. The van der Waals surface area contributed by atoms with Crippen molar-refractivity contribution in [1.82, 2.24) is 0 Å². The van der Waals surface area contributed by atoms with Gasteiger partial charge in [-0.05, 0) is 35.4 Å². The van der Waals surface area contributed by atoms with E-state index >= 15 is 0 Å². The lowest BCUT2D eigenvalue weighted by Gasteiger charge is -2.17. The van der Waals surface area contributed by atoms with Gasteiger partial charge in [0.2, 0.25) is 0 Å². The SMILES string of the molecule is COc1cccc(Sc2cccc(OC)c2Cc2ccccc2)c1Cc1ccccc1. The van der Waals surface area contributed by atoms with E-state index in [4.69, 9.17) is 9.47 Å². The summed E-state index contributed by atoms with van der Waals surface area (Å²) < 4.78 is 11.5. The van der Waals surface area contributed by atoms with Gasteiger partial charge < -0.3 is 9.47 Å². The van der Waals surface area contributed by atoms with E-state index in [9.17, 15) is 0 Å². The summed E-state index contributed by atoms with van der Waals surface area (Å²) in [5.74, 6) is 1.84. The predicted octanol–water partition coefficient (Wildman–Crippen LogP) is 7.04. The first-order chi connectivity index (χ1) is 15.3. The number of benzene rings is 4. The van der Waals surface area contributed by atoms with Crippen LogP contribution in [-0.4, -0.2) is 14.2 Å². The van der Waals surface area contributed by atoms with Crippen LogP contribution in [0.15, 0.2) is 107 Å². The maximum Gasteiger partial charge on any atom is 0.123 e. The molecule has 0 bridgehead atoms. The van der Waals surface area contributed by atoms with Crippen LogP contribution in [-0.2, 0) is 12.8 Å². The lowest BCUT2D eigenvalue weighted by atomic mass is 10.0. The van der Waals surface area contributed by atoms with E-state index < -0.39 is 0 Å². The molecule has 156 valence electrons. The minimum Gasteiger partial charge on any atom is -0.496 e. The van der Waals surface area contributed by atoms with Gasteiger partial charge in [-0.2, -0.15) is 0 Å². The topological polar surface area (TPSA) is 18.5 Å². The second kappa shape index (κ2) is 10.2. The Labute approximate surface area is 188 Å². The van der Waals surface area contributed by atoms with Crippen LogP contribution in [0.2, 0.25) is 0 Å². The van der Waals surface area contributed by atoms with Gasteiger partial charge in [0.1, 0.15) is 11.5 Å². The molecule has 0 unspecified atom stereocenters. The van der Waals surface area contributed by atoms with Crippen molar-refractivity contribution < 1.29 is 9.47 Å². The van der Waals surface area contributed by atoms with Crippen molar-refractivity contribution >= 4 is 11.8 Å². The zero-order valence-corrected chi connectivity index (χ0v) is 18.7. The van der Waals surface area contributed by atoms with Gasteiger partial charge in [-0.3, -0.25) is 0 Å². The molecule has 0 N–H and O–H groups in total. The maximum atomic E-state index is 5.73. The summed E-state index contributed by atoms with van der Waals surface area (Å²) in [6, 6.07) is 33.6. The fraction of sp³-hybridized carbons (Fsp3) is 0.143. The Kier molecular flexibility index (Phi) is 6.96. The molecule has 0 spiro atoms. The molecular weight excluding hydrogens is 400 g/mol. The fourth-order valence-corrected chi connectivity index (χ4v) is 4.85.